The standard InChI is InChI=1S/C14H26N2S/c1-10-14(6-3-7-17-10)16-8-11-4-2-5-13(15)12(11)9-16/h10-14H,2-9,15H2,1H3. The highest BCUT2D eigenvalue weighted by molar-refractivity contribution is 7.99. The number of thioether (sulfide) groups is 1. The summed E-state index contributed by atoms with van der Waals surface area (Å²) >= 11 is 2.17. The zero-order valence-electron chi connectivity index (χ0n) is 11.0. The molecule has 0 aromatic carbocycles. The first-order valence-electron chi connectivity index (χ1n) is 7.37. The summed E-state index contributed by atoms with van der Waals surface area (Å²) in [6.07, 6.45) is 6.90. The zero-order valence-corrected chi connectivity index (χ0v) is 11.8. The van der Waals surface area contributed by atoms with Crippen molar-refractivity contribution < 1.29 is 0 Å². The maximum Gasteiger partial charge on any atom is 0.0212 e. The topological polar surface area (TPSA) is 29.3 Å². The van der Waals surface area contributed by atoms with Crippen molar-refractivity contribution >= 4 is 11.8 Å². The lowest BCUT2D eigenvalue weighted by molar-refractivity contribution is 0.212. The van der Waals surface area contributed by atoms with Crippen LogP contribution in [0.5, 0.6) is 0 Å². The quantitative estimate of drug-likeness (QED) is 0.779. The van der Waals surface area contributed by atoms with E-state index < -0.39 is 0 Å². The zero-order chi connectivity index (χ0) is 11.8. The average Bonchev–Trinajstić information content (AvgIpc) is 2.75. The van der Waals surface area contributed by atoms with Crippen molar-refractivity contribution in [1.82, 2.24) is 4.90 Å². The van der Waals surface area contributed by atoms with Gasteiger partial charge in [0.2, 0.25) is 0 Å². The number of rotatable bonds is 1. The highest BCUT2D eigenvalue weighted by atomic mass is 32.2. The molecule has 5 atom stereocenters. The van der Waals surface area contributed by atoms with Crippen molar-refractivity contribution in [1.29, 1.82) is 0 Å². The van der Waals surface area contributed by atoms with E-state index in [-0.39, 0.29) is 0 Å². The molecule has 2 aliphatic heterocycles. The first-order chi connectivity index (χ1) is 8.25. The number of nitrogens with zero attached hydrogens (tertiary/aromatic N) is 1. The average molecular weight is 254 g/mol. The summed E-state index contributed by atoms with van der Waals surface area (Å²) in [6.45, 7) is 5.06. The summed E-state index contributed by atoms with van der Waals surface area (Å²) in [5.41, 5.74) is 6.31. The fourth-order valence-electron chi connectivity index (χ4n) is 4.21. The number of hydrogen-bond acceptors (Lipinski definition) is 3. The maximum absolute atomic E-state index is 6.31. The Labute approximate surface area is 110 Å². The summed E-state index contributed by atoms with van der Waals surface area (Å²) in [7, 11) is 0. The van der Waals surface area contributed by atoms with Gasteiger partial charge in [-0.15, -0.1) is 0 Å². The molecule has 1 aliphatic carbocycles. The molecule has 5 unspecified atom stereocenters. The molecule has 1 saturated carbocycles. The molecule has 0 radical (unpaired) electrons. The molecule has 0 aromatic heterocycles. The predicted octanol–water partition coefficient (Wildman–Crippen LogP) is 2.33. The Morgan fingerprint density at radius 3 is 2.76 bits per heavy atom. The van der Waals surface area contributed by atoms with Gasteiger partial charge in [-0.25, -0.2) is 0 Å². The number of likely N-dealkylation sites (tertiary alicyclic amines) is 1. The Morgan fingerprint density at radius 2 is 2.00 bits per heavy atom. The molecule has 2 nitrogen and oxygen atoms in total. The van der Waals surface area contributed by atoms with Gasteiger partial charge in [0.25, 0.3) is 0 Å². The van der Waals surface area contributed by atoms with Crippen LogP contribution in [0.2, 0.25) is 0 Å². The van der Waals surface area contributed by atoms with E-state index in [9.17, 15) is 0 Å². The van der Waals surface area contributed by atoms with Crippen molar-refractivity contribution in [3.8, 4) is 0 Å². The summed E-state index contributed by atoms with van der Waals surface area (Å²) in [4.78, 5) is 2.79. The first kappa shape index (κ1) is 12.3. The molecule has 3 aliphatic rings. The molecule has 0 aromatic rings. The van der Waals surface area contributed by atoms with Gasteiger partial charge in [-0.3, -0.25) is 4.90 Å². The van der Waals surface area contributed by atoms with E-state index in [0.29, 0.717) is 6.04 Å². The monoisotopic (exact) mass is 254 g/mol. The lowest BCUT2D eigenvalue weighted by atomic mass is 9.78. The second kappa shape index (κ2) is 5.10. The summed E-state index contributed by atoms with van der Waals surface area (Å²) in [6, 6.07) is 1.33. The van der Waals surface area contributed by atoms with Gasteiger partial charge in [-0.05, 0) is 43.3 Å². The molecule has 98 valence electrons. The summed E-state index contributed by atoms with van der Waals surface area (Å²) in [5.74, 6) is 3.10. The molecule has 3 fully saturated rings. The van der Waals surface area contributed by atoms with Crippen LogP contribution in [0.4, 0.5) is 0 Å². The first-order valence-corrected chi connectivity index (χ1v) is 8.42. The minimum Gasteiger partial charge on any atom is -0.327 e. The van der Waals surface area contributed by atoms with Crippen LogP contribution in [0.15, 0.2) is 0 Å². The summed E-state index contributed by atoms with van der Waals surface area (Å²) < 4.78 is 0. The predicted molar refractivity (Wildman–Crippen MR) is 75.3 cm³/mol. The second-order valence-electron chi connectivity index (χ2n) is 6.26. The van der Waals surface area contributed by atoms with E-state index in [1.54, 1.807) is 0 Å². The van der Waals surface area contributed by atoms with Crippen molar-refractivity contribution in [2.75, 3.05) is 18.8 Å². The van der Waals surface area contributed by atoms with Gasteiger partial charge in [0.15, 0.2) is 0 Å². The van der Waals surface area contributed by atoms with Crippen LogP contribution >= 0.6 is 11.8 Å². The molecule has 2 N–H and O–H groups in total. The Bertz CT molecular complexity index is 271. The fraction of sp³-hybridized carbons (Fsp3) is 1.00. The lowest BCUT2D eigenvalue weighted by Gasteiger charge is -2.36. The van der Waals surface area contributed by atoms with Crippen molar-refractivity contribution in [3.05, 3.63) is 0 Å². The molecule has 0 amide bonds. The van der Waals surface area contributed by atoms with Crippen LogP contribution in [0.1, 0.15) is 39.0 Å². The van der Waals surface area contributed by atoms with Gasteiger partial charge < -0.3 is 5.73 Å². The second-order valence-corrected chi connectivity index (χ2v) is 7.74. The molecular weight excluding hydrogens is 228 g/mol. The SMILES string of the molecule is CC1SCCCC1N1CC2CCCC(N)C2C1. The molecule has 2 saturated heterocycles. The Hall–Kier alpha value is 0.270. The normalized spacial score (nSPS) is 48.0. The Balaban J connectivity index is 1.65. The molecule has 17 heavy (non-hydrogen) atoms. The molecule has 2 heterocycles. The minimum atomic E-state index is 0.491. The van der Waals surface area contributed by atoms with E-state index in [4.69, 9.17) is 5.73 Å². The third-order valence-electron chi connectivity index (χ3n) is 5.22. The van der Waals surface area contributed by atoms with E-state index in [2.05, 4.69) is 23.6 Å². The van der Waals surface area contributed by atoms with Crippen LogP contribution in [0, 0.1) is 11.8 Å². The van der Waals surface area contributed by atoms with Gasteiger partial charge in [0.1, 0.15) is 0 Å². The molecular formula is C14H26N2S. The van der Waals surface area contributed by atoms with Crippen LogP contribution < -0.4 is 5.73 Å². The van der Waals surface area contributed by atoms with Gasteiger partial charge in [0, 0.05) is 30.4 Å². The van der Waals surface area contributed by atoms with Crippen LogP contribution in [0.3, 0.4) is 0 Å². The minimum absolute atomic E-state index is 0.491. The highest BCUT2D eigenvalue weighted by Gasteiger charge is 2.42. The van der Waals surface area contributed by atoms with E-state index in [0.717, 1.165) is 23.1 Å². The number of nitrogens with two attached hydrogens (primary N) is 1. The Kier molecular flexibility index (Phi) is 3.69. The van der Waals surface area contributed by atoms with Gasteiger partial charge in [-0.2, -0.15) is 11.8 Å². The van der Waals surface area contributed by atoms with E-state index in [1.165, 1.54) is 50.9 Å². The van der Waals surface area contributed by atoms with Gasteiger partial charge in [0.05, 0.1) is 0 Å². The van der Waals surface area contributed by atoms with Gasteiger partial charge >= 0.3 is 0 Å². The van der Waals surface area contributed by atoms with Crippen LogP contribution in [-0.4, -0.2) is 41.1 Å². The van der Waals surface area contributed by atoms with Crippen molar-refractivity contribution in [3.63, 3.8) is 0 Å². The van der Waals surface area contributed by atoms with Crippen LogP contribution in [0.25, 0.3) is 0 Å². The molecule has 3 rings (SSSR count). The Morgan fingerprint density at radius 1 is 1.12 bits per heavy atom. The fourth-order valence-corrected chi connectivity index (χ4v) is 5.44. The molecule has 3 heteroatoms. The third-order valence-corrected chi connectivity index (χ3v) is 6.58. The lowest BCUT2D eigenvalue weighted by Crippen LogP contribution is -2.43. The molecule has 0 spiro atoms. The molecule has 0 bridgehead atoms. The number of hydrogen-bond donors (Lipinski definition) is 1. The van der Waals surface area contributed by atoms with E-state index >= 15 is 0 Å². The highest BCUT2D eigenvalue weighted by Crippen LogP contribution is 2.39. The van der Waals surface area contributed by atoms with Crippen molar-refractivity contribution in [2.45, 2.75) is 56.4 Å². The number of fused-ring (bicyclic) bond motifs is 1. The maximum atomic E-state index is 6.31. The third kappa shape index (κ3) is 2.39. The van der Waals surface area contributed by atoms with Crippen LogP contribution in [-0.2, 0) is 0 Å². The smallest absolute Gasteiger partial charge is 0.0212 e. The van der Waals surface area contributed by atoms with E-state index in [1.807, 2.05) is 0 Å². The van der Waals surface area contributed by atoms with Crippen molar-refractivity contribution in [2.24, 2.45) is 17.6 Å². The largest absolute Gasteiger partial charge is 0.327 e. The van der Waals surface area contributed by atoms with Gasteiger partial charge in [-0.1, -0.05) is 13.3 Å². The summed E-state index contributed by atoms with van der Waals surface area (Å²) in [5, 5.41) is 0.833.